The molecule has 3 nitrogen and oxygen atoms in total. The van der Waals surface area contributed by atoms with Crippen molar-refractivity contribution in [2.75, 3.05) is 0 Å². The summed E-state index contributed by atoms with van der Waals surface area (Å²) in [6.07, 6.45) is -5.15. The number of hydrogen-bond acceptors (Lipinski definition) is 2. The van der Waals surface area contributed by atoms with E-state index in [-0.39, 0.29) is 6.54 Å². The highest BCUT2D eigenvalue weighted by Crippen LogP contribution is 2.29. The second-order valence-electron chi connectivity index (χ2n) is 4.99. The smallest absolute Gasteiger partial charge is 0.416 e. The molecule has 0 fully saturated rings. The van der Waals surface area contributed by atoms with Gasteiger partial charge in [0.2, 0.25) is 0 Å². The molecule has 2 aromatic rings. The van der Waals surface area contributed by atoms with Gasteiger partial charge in [0.1, 0.15) is 5.75 Å². The average molecular weight is 323 g/mol. The fourth-order valence-corrected chi connectivity index (χ4v) is 1.95. The first-order valence-electron chi connectivity index (χ1n) is 7.02. The molecule has 0 spiro atoms. The minimum absolute atomic E-state index is 0.00520. The maximum Gasteiger partial charge on any atom is 0.416 e. The number of halogens is 3. The standard InChI is InChI=1S/C17H16F3NO2/c1-12(23-15-8-3-2-4-9-15)16(22)21-11-13-6-5-7-14(10-13)17(18,19)20/h2-10,12H,11H2,1H3,(H,21,22)/t12-/m1/s1. The summed E-state index contributed by atoms with van der Waals surface area (Å²) in [4.78, 5) is 11.9. The number of benzene rings is 2. The van der Waals surface area contributed by atoms with Gasteiger partial charge < -0.3 is 10.1 Å². The number of alkyl halides is 3. The number of carbonyl (C=O) groups excluding carboxylic acids is 1. The zero-order valence-electron chi connectivity index (χ0n) is 12.4. The number of rotatable bonds is 5. The van der Waals surface area contributed by atoms with Crippen LogP contribution in [0.5, 0.6) is 5.75 Å². The van der Waals surface area contributed by atoms with Crippen molar-refractivity contribution in [3.05, 3.63) is 65.7 Å². The maximum absolute atomic E-state index is 12.6. The Labute approximate surface area is 132 Å². The van der Waals surface area contributed by atoms with Gasteiger partial charge in [-0.2, -0.15) is 13.2 Å². The van der Waals surface area contributed by atoms with Crippen LogP contribution >= 0.6 is 0 Å². The fourth-order valence-electron chi connectivity index (χ4n) is 1.95. The molecule has 0 aliphatic heterocycles. The molecule has 0 aliphatic carbocycles. The largest absolute Gasteiger partial charge is 0.481 e. The summed E-state index contributed by atoms with van der Waals surface area (Å²) < 4.78 is 43.3. The summed E-state index contributed by atoms with van der Waals surface area (Å²) in [5.41, 5.74) is -0.363. The number of carbonyl (C=O) groups is 1. The molecule has 1 atom stereocenters. The van der Waals surface area contributed by atoms with Crippen molar-refractivity contribution in [2.45, 2.75) is 25.7 Å². The SMILES string of the molecule is C[C@@H](Oc1ccccc1)C(=O)NCc1cccc(C(F)(F)F)c1. The molecule has 0 saturated heterocycles. The summed E-state index contributed by atoms with van der Waals surface area (Å²) in [6.45, 7) is 1.58. The van der Waals surface area contributed by atoms with Gasteiger partial charge in [0, 0.05) is 6.54 Å². The van der Waals surface area contributed by atoms with Gasteiger partial charge >= 0.3 is 6.18 Å². The quantitative estimate of drug-likeness (QED) is 0.909. The Kier molecular flexibility index (Phi) is 5.26. The van der Waals surface area contributed by atoms with Crippen LogP contribution in [-0.2, 0) is 17.5 Å². The third kappa shape index (κ3) is 5.02. The molecule has 0 radical (unpaired) electrons. The van der Waals surface area contributed by atoms with Crippen LogP contribution in [0.2, 0.25) is 0 Å². The summed E-state index contributed by atoms with van der Waals surface area (Å²) in [5, 5.41) is 2.57. The van der Waals surface area contributed by atoms with Crippen molar-refractivity contribution in [3.8, 4) is 5.75 Å². The molecule has 23 heavy (non-hydrogen) atoms. The maximum atomic E-state index is 12.6. The van der Waals surface area contributed by atoms with Crippen molar-refractivity contribution < 1.29 is 22.7 Å². The van der Waals surface area contributed by atoms with Gasteiger partial charge in [-0.05, 0) is 36.8 Å². The van der Waals surface area contributed by atoms with Gasteiger partial charge in [-0.15, -0.1) is 0 Å². The van der Waals surface area contributed by atoms with Gasteiger partial charge in [0.25, 0.3) is 5.91 Å². The molecule has 2 aromatic carbocycles. The van der Waals surface area contributed by atoms with Crippen LogP contribution in [0.3, 0.4) is 0 Å². The Bertz CT molecular complexity index is 656. The Hall–Kier alpha value is -2.50. The molecule has 0 bridgehead atoms. The van der Waals surface area contributed by atoms with E-state index in [1.807, 2.05) is 6.07 Å². The normalized spacial score (nSPS) is 12.5. The van der Waals surface area contributed by atoms with E-state index in [1.54, 1.807) is 31.2 Å². The van der Waals surface area contributed by atoms with E-state index in [2.05, 4.69) is 5.32 Å². The Morgan fingerprint density at radius 2 is 1.83 bits per heavy atom. The first-order chi connectivity index (χ1) is 10.9. The summed E-state index contributed by atoms with van der Waals surface area (Å²) in [5.74, 6) is 0.153. The summed E-state index contributed by atoms with van der Waals surface area (Å²) >= 11 is 0. The van der Waals surface area contributed by atoms with Crippen LogP contribution < -0.4 is 10.1 Å². The molecule has 1 N–H and O–H groups in total. The fraction of sp³-hybridized carbons (Fsp3) is 0.235. The van der Waals surface area contributed by atoms with Crippen molar-refractivity contribution >= 4 is 5.91 Å². The zero-order chi connectivity index (χ0) is 16.9. The second kappa shape index (κ2) is 7.17. The first kappa shape index (κ1) is 16.9. The average Bonchev–Trinajstić information content (AvgIpc) is 2.53. The molecule has 6 heteroatoms. The molecule has 1 amide bonds. The van der Waals surface area contributed by atoms with Gasteiger partial charge in [0.15, 0.2) is 6.10 Å². The molecular formula is C17H16F3NO2. The lowest BCUT2D eigenvalue weighted by Crippen LogP contribution is -2.35. The predicted molar refractivity (Wildman–Crippen MR) is 79.8 cm³/mol. The van der Waals surface area contributed by atoms with Crippen LogP contribution in [0.25, 0.3) is 0 Å². The molecule has 0 aliphatic rings. The van der Waals surface area contributed by atoms with Crippen LogP contribution in [0.1, 0.15) is 18.1 Å². The molecule has 0 aromatic heterocycles. The molecule has 122 valence electrons. The van der Waals surface area contributed by atoms with Gasteiger partial charge in [-0.1, -0.05) is 30.3 Å². The van der Waals surface area contributed by atoms with E-state index in [0.29, 0.717) is 11.3 Å². The lowest BCUT2D eigenvalue weighted by molar-refractivity contribution is -0.137. The van der Waals surface area contributed by atoms with Crippen molar-refractivity contribution in [1.29, 1.82) is 0 Å². The van der Waals surface area contributed by atoms with Gasteiger partial charge in [0.05, 0.1) is 5.56 Å². The highest BCUT2D eigenvalue weighted by Gasteiger charge is 2.30. The van der Waals surface area contributed by atoms with Gasteiger partial charge in [-0.3, -0.25) is 4.79 Å². The van der Waals surface area contributed by atoms with Crippen LogP contribution in [-0.4, -0.2) is 12.0 Å². The predicted octanol–water partition coefficient (Wildman–Crippen LogP) is 3.79. The van der Waals surface area contributed by atoms with E-state index >= 15 is 0 Å². The summed E-state index contributed by atoms with van der Waals surface area (Å²) in [6, 6.07) is 13.7. The Morgan fingerprint density at radius 1 is 1.13 bits per heavy atom. The molecule has 0 heterocycles. The van der Waals surface area contributed by atoms with E-state index in [1.165, 1.54) is 12.1 Å². The number of hydrogen-bond donors (Lipinski definition) is 1. The minimum atomic E-state index is -4.40. The number of amides is 1. The number of nitrogens with one attached hydrogen (secondary N) is 1. The van der Waals surface area contributed by atoms with E-state index in [0.717, 1.165) is 12.1 Å². The van der Waals surface area contributed by atoms with Crippen molar-refractivity contribution in [1.82, 2.24) is 5.32 Å². The highest BCUT2D eigenvalue weighted by atomic mass is 19.4. The van der Waals surface area contributed by atoms with Crippen LogP contribution in [0.15, 0.2) is 54.6 Å². The lowest BCUT2D eigenvalue weighted by atomic mass is 10.1. The Morgan fingerprint density at radius 3 is 2.48 bits per heavy atom. The monoisotopic (exact) mass is 323 g/mol. The van der Waals surface area contributed by atoms with Crippen LogP contribution in [0.4, 0.5) is 13.2 Å². The molecule has 2 rings (SSSR count). The topological polar surface area (TPSA) is 38.3 Å². The zero-order valence-corrected chi connectivity index (χ0v) is 12.4. The van der Waals surface area contributed by atoms with Crippen molar-refractivity contribution in [3.63, 3.8) is 0 Å². The van der Waals surface area contributed by atoms with E-state index in [4.69, 9.17) is 4.74 Å². The first-order valence-corrected chi connectivity index (χ1v) is 7.02. The third-order valence-corrected chi connectivity index (χ3v) is 3.15. The minimum Gasteiger partial charge on any atom is -0.481 e. The molecule has 0 unspecified atom stereocenters. The molecular weight excluding hydrogens is 307 g/mol. The third-order valence-electron chi connectivity index (χ3n) is 3.15. The number of ether oxygens (including phenoxy) is 1. The van der Waals surface area contributed by atoms with Crippen LogP contribution in [0, 0.1) is 0 Å². The lowest BCUT2D eigenvalue weighted by Gasteiger charge is -2.15. The van der Waals surface area contributed by atoms with E-state index in [9.17, 15) is 18.0 Å². The Balaban J connectivity index is 1.91. The van der Waals surface area contributed by atoms with Gasteiger partial charge in [-0.25, -0.2) is 0 Å². The second-order valence-corrected chi connectivity index (χ2v) is 4.99. The van der Waals surface area contributed by atoms with Crippen molar-refractivity contribution in [2.24, 2.45) is 0 Å². The summed E-state index contributed by atoms with van der Waals surface area (Å²) in [7, 11) is 0. The number of para-hydroxylation sites is 1. The highest BCUT2D eigenvalue weighted by molar-refractivity contribution is 5.80. The molecule has 0 saturated carbocycles. The van der Waals surface area contributed by atoms with E-state index < -0.39 is 23.8 Å².